The average Bonchev–Trinajstić information content (AvgIpc) is 3.24. The molecule has 24 heavy (non-hydrogen) atoms. The van der Waals surface area contributed by atoms with Crippen LogP contribution in [0.3, 0.4) is 0 Å². The summed E-state index contributed by atoms with van der Waals surface area (Å²) in [5.74, 6) is 2.36. The Labute approximate surface area is 144 Å². The van der Waals surface area contributed by atoms with Gasteiger partial charge in [-0.1, -0.05) is 25.7 Å². The van der Waals surface area contributed by atoms with E-state index in [1.807, 2.05) is 4.90 Å². The molecule has 1 aromatic heterocycles. The van der Waals surface area contributed by atoms with Crippen molar-refractivity contribution in [1.29, 1.82) is 0 Å². The predicted molar refractivity (Wildman–Crippen MR) is 94.1 cm³/mol. The van der Waals surface area contributed by atoms with Gasteiger partial charge in [-0.15, -0.1) is 0 Å². The van der Waals surface area contributed by atoms with Gasteiger partial charge in [-0.25, -0.2) is 9.97 Å². The summed E-state index contributed by atoms with van der Waals surface area (Å²) in [5, 5.41) is 0. The lowest BCUT2D eigenvalue weighted by molar-refractivity contribution is -0.130. The smallest absolute Gasteiger partial charge is 0.222 e. The molecule has 0 radical (unpaired) electrons. The molecule has 1 amide bonds. The number of rotatable bonds is 6. The number of anilines is 1. The highest BCUT2D eigenvalue weighted by Crippen LogP contribution is 2.29. The van der Waals surface area contributed by atoms with Crippen molar-refractivity contribution in [3.8, 4) is 0 Å². The minimum atomic E-state index is 0.331. The van der Waals surface area contributed by atoms with Gasteiger partial charge >= 0.3 is 0 Å². The van der Waals surface area contributed by atoms with Crippen LogP contribution in [0.15, 0.2) is 12.3 Å². The van der Waals surface area contributed by atoms with Crippen LogP contribution >= 0.6 is 0 Å². The minimum Gasteiger partial charge on any atom is -0.384 e. The number of nitrogen functional groups attached to an aromatic ring is 1. The van der Waals surface area contributed by atoms with Crippen molar-refractivity contribution in [1.82, 2.24) is 19.8 Å². The molecular weight excluding hydrogens is 302 g/mol. The molecule has 132 valence electrons. The summed E-state index contributed by atoms with van der Waals surface area (Å²) in [4.78, 5) is 25.2. The first kappa shape index (κ1) is 17.1. The van der Waals surface area contributed by atoms with E-state index in [0.29, 0.717) is 24.3 Å². The van der Waals surface area contributed by atoms with Gasteiger partial charge in [0.1, 0.15) is 11.6 Å². The van der Waals surface area contributed by atoms with E-state index in [1.54, 1.807) is 12.3 Å². The lowest BCUT2D eigenvalue weighted by atomic mass is 10.0. The highest BCUT2D eigenvalue weighted by molar-refractivity contribution is 5.76. The van der Waals surface area contributed by atoms with E-state index in [9.17, 15) is 4.79 Å². The van der Waals surface area contributed by atoms with Crippen LogP contribution in [0.2, 0.25) is 0 Å². The second-order valence-corrected chi connectivity index (χ2v) is 7.28. The fraction of sp³-hybridized carbons (Fsp3) is 0.722. The Morgan fingerprint density at radius 2 is 2.17 bits per heavy atom. The van der Waals surface area contributed by atoms with Crippen LogP contribution in [-0.2, 0) is 11.3 Å². The highest BCUT2D eigenvalue weighted by atomic mass is 16.2. The number of carbonyl (C=O) groups is 1. The molecule has 2 N–H and O–H groups in total. The maximum absolute atomic E-state index is 12.4. The Hall–Kier alpha value is -1.69. The van der Waals surface area contributed by atoms with Gasteiger partial charge < -0.3 is 10.6 Å². The topological polar surface area (TPSA) is 75.4 Å². The van der Waals surface area contributed by atoms with Gasteiger partial charge in [0.15, 0.2) is 0 Å². The molecule has 0 bridgehead atoms. The fourth-order valence-corrected chi connectivity index (χ4v) is 3.96. The van der Waals surface area contributed by atoms with E-state index < -0.39 is 0 Å². The Morgan fingerprint density at radius 1 is 1.38 bits per heavy atom. The molecule has 1 atom stereocenters. The van der Waals surface area contributed by atoms with Crippen LogP contribution in [0.25, 0.3) is 0 Å². The number of aromatic nitrogens is 2. The summed E-state index contributed by atoms with van der Waals surface area (Å²) in [6.45, 7) is 2.36. The van der Waals surface area contributed by atoms with Crippen molar-refractivity contribution < 1.29 is 4.79 Å². The second-order valence-electron chi connectivity index (χ2n) is 7.28. The number of likely N-dealkylation sites (tertiary alicyclic amines) is 1. The van der Waals surface area contributed by atoms with Crippen LogP contribution in [-0.4, -0.2) is 51.9 Å². The first-order valence-electron chi connectivity index (χ1n) is 9.17. The number of amides is 1. The molecule has 0 spiro atoms. The van der Waals surface area contributed by atoms with Gasteiger partial charge in [0, 0.05) is 31.7 Å². The molecular formula is C18H29N5O. The van der Waals surface area contributed by atoms with Gasteiger partial charge in [0.05, 0.1) is 6.54 Å². The van der Waals surface area contributed by atoms with Crippen molar-refractivity contribution in [3.63, 3.8) is 0 Å². The monoisotopic (exact) mass is 331 g/mol. The first-order valence-corrected chi connectivity index (χ1v) is 9.17. The Bertz CT molecular complexity index is 558. The summed E-state index contributed by atoms with van der Waals surface area (Å²) >= 11 is 0. The molecule has 1 aliphatic carbocycles. The van der Waals surface area contributed by atoms with E-state index in [1.165, 1.54) is 25.7 Å². The van der Waals surface area contributed by atoms with E-state index in [0.717, 1.165) is 44.1 Å². The standard InChI is InChI=1S/C18H29N5O/c1-22(13-17-20-10-8-16(19)21-17)15-9-11-23(12-15)18(24)7-6-14-4-2-3-5-14/h8,10,14-15H,2-7,9,11-13H2,1H3,(H2,19,20,21). The van der Waals surface area contributed by atoms with Crippen molar-refractivity contribution in [2.45, 2.75) is 57.5 Å². The maximum atomic E-state index is 12.4. The molecule has 1 aliphatic heterocycles. The first-order chi connectivity index (χ1) is 11.6. The van der Waals surface area contributed by atoms with Crippen LogP contribution in [0, 0.1) is 5.92 Å². The zero-order valence-electron chi connectivity index (χ0n) is 14.7. The normalized spacial score (nSPS) is 21.8. The maximum Gasteiger partial charge on any atom is 0.222 e. The summed E-state index contributed by atoms with van der Waals surface area (Å²) in [7, 11) is 2.07. The van der Waals surface area contributed by atoms with E-state index >= 15 is 0 Å². The van der Waals surface area contributed by atoms with Gasteiger partial charge in [-0.05, 0) is 31.9 Å². The molecule has 1 aromatic rings. The molecule has 3 rings (SSSR count). The molecule has 2 aliphatic rings. The van der Waals surface area contributed by atoms with E-state index in [-0.39, 0.29) is 0 Å². The molecule has 2 fully saturated rings. The number of hydrogen-bond acceptors (Lipinski definition) is 5. The largest absolute Gasteiger partial charge is 0.384 e. The summed E-state index contributed by atoms with van der Waals surface area (Å²) in [5.41, 5.74) is 5.71. The second kappa shape index (κ2) is 7.92. The van der Waals surface area contributed by atoms with Gasteiger partial charge in [0.25, 0.3) is 0 Å². The van der Waals surface area contributed by atoms with Gasteiger partial charge in [-0.2, -0.15) is 0 Å². The molecule has 1 unspecified atom stereocenters. The van der Waals surface area contributed by atoms with Crippen molar-refractivity contribution in [2.75, 3.05) is 25.9 Å². The Morgan fingerprint density at radius 3 is 2.92 bits per heavy atom. The van der Waals surface area contributed by atoms with Crippen molar-refractivity contribution in [2.24, 2.45) is 5.92 Å². The quantitative estimate of drug-likeness (QED) is 0.863. The van der Waals surface area contributed by atoms with Crippen LogP contribution in [0.4, 0.5) is 5.82 Å². The number of nitrogens with zero attached hydrogens (tertiary/aromatic N) is 4. The third-order valence-electron chi connectivity index (χ3n) is 5.50. The van der Waals surface area contributed by atoms with Gasteiger partial charge in [-0.3, -0.25) is 9.69 Å². The molecule has 2 heterocycles. The third kappa shape index (κ3) is 4.44. The van der Waals surface area contributed by atoms with E-state index in [2.05, 4.69) is 21.9 Å². The summed E-state index contributed by atoms with van der Waals surface area (Å²) in [6, 6.07) is 2.08. The molecule has 6 heteroatoms. The minimum absolute atomic E-state index is 0.331. The lowest BCUT2D eigenvalue weighted by Gasteiger charge is -2.24. The van der Waals surface area contributed by atoms with Crippen molar-refractivity contribution >= 4 is 11.7 Å². The highest BCUT2D eigenvalue weighted by Gasteiger charge is 2.29. The number of carbonyl (C=O) groups excluding carboxylic acids is 1. The molecule has 1 saturated heterocycles. The third-order valence-corrected chi connectivity index (χ3v) is 5.50. The lowest BCUT2D eigenvalue weighted by Crippen LogP contribution is -2.36. The summed E-state index contributed by atoms with van der Waals surface area (Å²) < 4.78 is 0. The molecule has 0 aromatic carbocycles. The van der Waals surface area contributed by atoms with Crippen LogP contribution in [0.1, 0.15) is 50.8 Å². The Balaban J connectivity index is 1.44. The van der Waals surface area contributed by atoms with Crippen LogP contribution < -0.4 is 5.73 Å². The zero-order chi connectivity index (χ0) is 16.9. The Kier molecular flexibility index (Phi) is 5.66. The molecule has 6 nitrogen and oxygen atoms in total. The summed E-state index contributed by atoms with van der Waals surface area (Å²) in [6.07, 6.45) is 9.85. The number of hydrogen-bond donors (Lipinski definition) is 1. The van der Waals surface area contributed by atoms with E-state index in [4.69, 9.17) is 5.73 Å². The number of likely N-dealkylation sites (N-methyl/N-ethyl adjacent to an activating group) is 1. The van der Waals surface area contributed by atoms with Crippen LogP contribution in [0.5, 0.6) is 0 Å². The number of nitrogens with two attached hydrogens (primary N) is 1. The fourth-order valence-electron chi connectivity index (χ4n) is 3.96. The zero-order valence-corrected chi connectivity index (χ0v) is 14.7. The SMILES string of the molecule is CN(Cc1nccc(N)n1)C1CCN(C(=O)CCC2CCCC2)C1. The average molecular weight is 331 g/mol. The van der Waals surface area contributed by atoms with Gasteiger partial charge in [0.2, 0.25) is 5.91 Å². The van der Waals surface area contributed by atoms with Crippen molar-refractivity contribution in [3.05, 3.63) is 18.1 Å². The predicted octanol–water partition coefficient (Wildman–Crippen LogP) is 2.06. The molecule has 1 saturated carbocycles.